The third kappa shape index (κ3) is 2.64. The lowest BCUT2D eigenvalue weighted by molar-refractivity contribution is -0.130. The second-order valence-corrected chi connectivity index (χ2v) is 4.41. The van der Waals surface area contributed by atoms with Crippen molar-refractivity contribution in [1.29, 1.82) is 0 Å². The summed E-state index contributed by atoms with van der Waals surface area (Å²) in [4.78, 5) is 0. The summed E-state index contributed by atoms with van der Waals surface area (Å²) >= 11 is 0. The first-order valence-corrected chi connectivity index (χ1v) is 5.03. The Morgan fingerprint density at radius 2 is 1.46 bits per heavy atom. The Balaban J connectivity index is 2.57. The molecule has 2 heteroatoms. The number of hydrogen-bond acceptors (Lipinski definition) is 2. The molecule has 76 valence electrons. The molecule has 0 aromatic rings. The quantitative estimate of drug-likeness (QED) is 0.657. The van der Waals surface area contributed by atoms with Crippen LogP contribution in [0, 0.1) is 11.8 Å². The van der Waals surface area contributed by atoms with Crippen molar-refractivity contribution in [2.24, 2.45) is 11.8 Å². The van der Waals surface area contributed by atoms with Gasteiger partial charge < -0.3 is 9.47 Å². The van der Waals surface area contributed by atoms with Gasteiger partial charge in [-0.1, -0.05) is 27.7 Å². The van der Waals surface area contributed by atoms with E-state index in [1.807, 2.05) is 0 Å². The SMILES string of the molecule is C=C1O[C@H](C(C)C)C[C@H](C(C)C)O1. The minimum absolute atomic E-state index is 0.272. The molecule has 0 N–H and O–H groups in total. The van der Waals surface area contributed by atoms with Crippen LogP contribution in [-0.4, -0.2) is 12.2 Å². The van der Waals surface area contributed by atoms with Gasteiger partial charge in [-0.2, -0.15) is 0 Å². The van der Waals surface area contributed by atoms with E-state index in [4.69, 9.17) is 9.47 Å². The van der Waals surface area contributed by atoms with Crippen LogP contribution in [0.1, 0.15) is 34.1 Å². The molecule has 0 aromatic heterocycles. The van der Waals surface area contributed by atoms with Crippen LogP contribution >= 0.6 is 0 Å². The molecule has 1 saturated heterocycles. The predicted molar refractivity (Wildman–Crippen MR) is 53.2 cm³/mol. The monoisotopic (exact) mass is 184 g/mol. The molecule has 2 atom stereocenters. The zero-order valence-corrected chi connectivity index (χ0v) is 9.04. The highest BCUT2D eigenvalue weighted by atomic mass is 16.7. The average Bonchev–Trinajstić information content (AvgIpc) is 2.03. The third-order valence-electron chi connectivity index (χ3n) is 2.52. The van der Waals surface area contributed by atoms with E-state index in [0.717, 1.165) is 6.42 Å². The van der Waals surface area contributed by atoms with E-state index in [2.05, 4.69) is 34.3 Å². The van der Waals surface area contributed by atoms with Crippen LogP contribution in [-0.2, 0) is 9.47 Å². The van der Waals surface area contributed by atoms with E-state index in [-0.39, 0.29) is 12.2 Å². The molecule has 13 heavy (non-hydrogen) atoms. The standard InChI is InChI=1S/C11H20O2/c1-7(2)10-6-11(8(3)4)13-9(5)12-10/h7-8,10-11H,5-6H2,1-4H3/t10-,11+. The van der Waals surface area contributed by atoms with Crippen LogP contribution in [0.4, 0.5) is 0 Å². The minimum atomic E-state index is 0.272. The van der Waals surface area contributed by atoms with Crippen molar-refractivity contribution in [3.63, 3.8) is 0 Å². The Morgan fingerprint density at radius 1 is 1.08 bits per heavy atom. The van der Waals surface area contributed by atoms with Crippen LogP contribution in [0.15, 0.2) is 12.5 Å². The van der Waals surface area contributed by atoms with Gasteiger partial charge in [-0.05, 0) is 18.4 Å². The molecule has 0 amide bonds. The highest BCUT2D eigenvalue weighted by molar-refractivity contribution is 4.85. The summed E-state index contributed by atoms with van der Waals surface area (Å²) in [7, 11) is 0. The molecule has 0 unspecified atom stereocenters. The second kappa shape index (κ2) is 4.03. The lowest BCUT2D eigenvalue weighted by atomic mass is 9.94. The molecule has 1 aliphatic rings. The van der Waals surface area contributed by atoms with Crippen LogP contribution in [0.5, 0.6) is 0 Å². The smallest absolute Gasteiger partial charge is 0.272 e. The van der Waals surface area contributed by atoms with E-state index < -0.39 is 0 Å². The van der Waals surface area contributed by atoms with Gasteiger partial charge >= 0.3 is 0 Å². The van der Waals surface area contributed by atoms with Gasteiger partial charge in [-0.15, -0.1) is 0 Å². The van der Waals surface area contributed by atoms with Gasteiger partial charge in [0.05, 0.1) is 0 Å². The molecule has 1 heterocycles. The van der Waals surface area contributed by atoms with Crippen molar-refractivity contribution < 1.29 is 9.47 Å². The van der Waals surface area contributed by atoms with Crippen molar-refractivity contribution in [3.05, 3.63) is 12.5 Å². The number of ether oxygens (including phenoxy) is 2. The Kier molecular flexibility index (Phi) is 3.23. The maximum Gasteiger partial charge on any atom is 0.272 e. The largest absolute Gasteiger partial charge is 0.462 e. The van der Waals surface area contributed by atoms with Crippen molar-refractivity contribution in [3.8, 4) is 0 Å². The summed E-state index contributed by atoms with van der Waals surface area (Å²) in [5, 5.41) is 0. The topological polar surface area (TPSA) is 18.5 Å². The summed E-state index contributed by atoms with van der Waals surface area (Å²) < 4.78 is 11.0. The molecule has 1 rings (SSSR count). The summed E-state index contributed by atoms with van der Waals surface area (Å²) in [6, 6.07) is 0. The Bertz CT molecular complexity index is 167. The molecular formula is C11H20O2. The van der Waals surface area contributed by atoms with Crippen molar-refractivity contribution >= 4 is 0 Å². The first-order valence-electron chi connectivity index (χ1n) is 5.03. The predicted octanol–water partition coefficient (Wildman–Crippen LogP) is 2.94. The molecule has 0 spiro atoms. The van der Waals surface area contributed by atoms with Crippen molar-refractivity contribution in [1.82, 2.24) is 0 Å². The molecule has 0 bridgehead atoms. The van der Waals surface area contributed by atoms with E-state index >= 15 is 0 Å². The molecule has 1 aliphatic heterocycles. The molecule has 2 nitrogen and oxygen atoms in total. The second-order valence-electron chi connectivity index (χ2n) is 4.41. The minimum Gasteiger partial charge on any atom is -0.462 e. The van der Waals surface area contributed by atoms with Gasteiger partial charge in [-0.25, -0.2) is 0 Å². The summed E-state index contributed by atoms with van der Waals surface area (Å²) in [6.07, 6.45) is 1.52. The van der Waals surface area contributed by atoms with E-state index in [1.165, 1.54) is 0 Å². The van der Waals surface area contributed by atoms with Gasteiger partial charge in [0.15, 0.2) is 0 Å². The maximum absolute atomic E-state index is 5.51. The van der Waals surface area contributed by atoms with Gasteiger partial charge in [0.25, 0.3) is 5.95 Å². The molecule has 1 fully saturated rings. The van der Waals surface area contributed by atoms with Gasteiger partial charge in [0.2, 0.25) is 0 Å². The third-order valence-corrected chi connectivity index (χ3v) is 2.52. The van der Waals surface area contributed by atoms with E-state index in [9.17, 15) is 0 Å². The Hall–Kier alpha value is -0.660. The molecule has 0 aliphatic carbocycles. The fraction of sp³-hybridized carbons (Fsp3) is 0.818. The molecule has 0 radical (unpaired) electrons. The van der Waals surface area contributed by atoms with Crippen LogP contribution < -0.4 is 0 Å². The molecule has 0 aromatic carbocycles. The fourth-order valence-electron chi connectivity index (χ4n) is 1.51. The zero-order valence-electron chi connectivity index (χ0n) is 9.04. The molecule has 0 saturated carbocycles. The first-order chi connectivity index (χ1) is 6.00. The summed E-state index contributed by atoms with van der Waals surface area (Å²) in [5.74, 6) is 1.55. The average molecular weight is 184 g/mol. The highest BCUT2D eigenvalue weighted by Gasteiger charge is 2.30. The van der Waals surface area contributed by atoms with Gasteiger partial charge in [0.1, 0.15) is 12.2 Å². The van der Waals surface area contributed by atoms with Crippen LogP contribution in [0.3, 0.4) is 0 Å². The van der Waals surface area contributed by atoms with Gasteiger partial charge in [0, 0.05) is 6.42 Å². The lowest BCUT2D eigenvalue weighted by Gasteiger charge is -2.35. The van der Waals surface area contributed by atoms with Crippen molar-refractivity contribution in [2.45, 2.75) is 46.3 Å². The van der Waals surface area contributed by atoms with Gasteiger partial charge in [-0.3, -0.25) is 0 Å². The Labute approximate surface area is 80.9 Å². The van der Waals surface area contributed by atoms with E-state index in [1.54, 1.807) is 0 Å². The fourth-order valence-corrected chi connectivity index (χ4v) is 1.51. The first kappa shape index (κ1) is 10.4. The molecular weight excluding hydrogens is 164 g/mol. The Morgan fingerprint density at radius 3 is 1.77 bits per heavy atom. The highest BCUT2D eigenvalue weighted by Crippen LogP contribution is 2.28. The normalized spacial score (nSPS) is 28.9. The van der Waals surface area contributed by atoms with Crippen LogP contribution in [0.2, 0.25) is 0 Å². The lowest BCUT2D eigenvalue weighted by Crippen LogP contribution is -2.35. The van der Waals surface area contributed by atoms with Crippen molar-refractivity contribution in [2.75, 3.05) is 0 Å². The maximum atomic E-state index is 5.51. The van der Waals surface area contributed by atoms with E-state index in [0.29, 0.717) is 17.8 Å². The summed E-state index contributed by atoms with van der Waals surface area (Å²) in [6.45, 7) is 12.4. The number of hydrogen-bond donors (Lipinski definition) is 0. The zero-order chi connectivity index (χ0) is 10.0. The summed E-state index contributed by atoms with van der Waals surface area (Å²) in [5.41, 5.74) is 0. The number of rotatable bonds is 2. The van der Waals surface area contributed by atoms with Crippen LogP contribution in [0.25, 0.3) is 0 Å².